The molecule has 6 nitrogen and oxygen atoms in total. The number of aromatic nitrogens is 2. The predicted molar refractivity (Wildman–Crippen MR) is 116 cm³/mol. The fraction of sp³-hybridized carbons (Fsp3) is 0.417. The zero-order chi connectivity index (χ0) is 21.2. The molecule has 0 bridgehead atoms. The van der Waals surface area contributed by atoms with E-state index < -0.39 is 0 Å². The number of likely N-dealkylation sites (tertiary alicyclic amines) is 1. The topological polar surface area (TPSA) is 50.6 Å². The van der Waals surface area contributed by atoms with E-state index in [9.17, 15) is 9.18 Å². The van der Waals surface area contributed by atoms with E-state index >= 15 is 0 Å². The zero-order valence-electron chi connectivity index (χ0n) is 17.5. The molecule has 162 valence electrons. The van der Waals surface area contributed by atoms with Gasteiger partial charge in [0.05, 0.1) is 36.7 Å². The molecular formula is C24H27FN4O2. The molecule has 2 fully saturated rings. The van der Waals surface area contributed by atoms with Gasteiger partial charge in [0.15, 0.2) is 0 Å². The van der Waals surface area contributed by atoms with E-state index in [0.717, 1.165) is 48.5 Å². The van der Waals surface area contributed by atoms with Gasteiger partial charge in [0.25, 0.3) is 0 Å². The number of nitrogens with zero attached hydrogens (tertiary/aromatic N) is 4. The SMILES string of the molecule is O=C([C@@H]1CCCN(Cc2nc3ccccc3n2-c2ccc(F)cc2)C1)N1CCOCC1. The van der Waals surface area contributed by atoms with Gasteiger partial charge in [0.2, 0.25) is 5.91 Å². The monoisotopic (exact) mass is 422 g/mol. The normalized spacial score (nSPS) is 20.3. The van der Waals surface area contributed by atoms with Gasteiger partial charge in [-0.3, -0.25) is 14.3 Å². The van der Waals surface area contributed by atoms with Crippen LogP contribution in [0, 0.1) is 11.7 Å². The van der Waals surface area contributed by atoms with E-state index in [1.54, 1.807) is 12.1 Å². The second kappa shape index (κ2) is 8.77. The first-order chi connectivity index (χ1) is 15.2. The summed E-state index contributed by atoms with van der Waals surface area (Å²) in [7, 11) is 0. The van der Waals surface area contributed by atoms with Gasteiger partial charge in [-0.15, -0.1) is 0 Å². The maximum absolute atomic E-state index is 13.5. The van der Waals surface area contributed by atoms with Crippen LogP contribution in [0.25, 0.3) is 16.7 Å². The van der Waals surface area contributed by atoms with Gasteiger partial charge in [-0.05, 0) is 55.8 Å². The molecule has 31 heavy (non-hydrogen) atoms. The molecule has 1 amide bonds. The van der Waals surface area contributed by atoms with Crippen LogP contribution < -0.4 is 0 Å². The van der Waals surface area contributed by atoms with Gasteiger partial charge in [0, 0.05) is 25.3 Å². The summed E-state index contributed by atoms with van der Waals surface area (Å²) < 4.78 is 21.0. The number of halogens is 1. The highest BCUT2D eigenvalue weighted by Crippen LogP contribution is 2.25. The molecule has 7 heteroatoms. The van der Waals surface area contributed by atoms with Crippen molar-refractivity contribution >= 4 is 16.9 Å². The van der Waals surface area contributed by atoms with Crippen LogP contribution in [-0.2, 0) is 16.1 Å². The highest BCUT2D eigenvalue weighted by molar-refractivity contribution is 5.79. The first-order valence-corrected chi connectivity index (χ1v) is 11.0. The third kappa shape index (κ3) is 4.20. The first kappa shape index (κ1) is 20.2. The molecule has 0 saturated carbocycles. The Hall–Kier alpha value is -2.77. The minimum atomic E-state index is -0.254. The van der Waals surface area contributed by atoms with Crippen molar-refractivity contribution in [2.24, 2.45) is 5.92 Å². The Kier molecular flexibility index (Phi) is 5.70. The minimum absolute atomic E-state index is 0.0236. The molecule has 1 aromatic heterocycles. The molecule has 2 aliphatic rings. The molecule has 5 rings (SSSR count). The van der Waals surface area contributed by atoms with Crippen molar-refractivity contribution in [3.63, 3.8) is 0 Å². The number of carbonyl (C=O) groups is 1. The van der Waals surface area contributed by atoms with Crippen LogP contribution in [0.1, 0.15) is 18.7 Å². The van der Waals surface area contributed by atoms with E-state index in [4.69, 9.17) is 9.72 Å². The molecule has 0 radical (unpaired) electrons. The maximum Gasteiger partial charge on any atom is 0.227 e. The number of imidazole rings is 1. The number of morpholine rings is 1. The largest absolute Gasteiger partial charge is 0.378 e. The van der Waals surface area contributed by atoms with Crippen LogP contribution in [0.3, 0.4) is 0 Å². The molecule has 0 spiro atoms. The maximum atomic E-state index is 13.5. The van der Waals surface area contributed by atoms with Crippen LogP contribution >= 0.6 is 0 Å². The first-order valence-electron chi connectivity index (χ1n) is 11.0. The van der Waals surface area contributed by atoms with Gasteiger partial charge in [-0.25, -0.2) is 9.37 Å². The summed E-state index contributed by atoms with van der Waals surface area (Å²) in [5, 5.41) is 0. The average Bonchev–Trinajstić information content (AvgIpc) is 3.17. The lowest BCUT2D eigenvalue weighted by Crippen LogP contribution is -2.48. The van der Waals surface area contributed by atoms with Crippen LogP contribution in [-0.4, -0.2) is 64.7 Å². The van der Waals surface area contributed by atoms with Crippen LogP contribution in [0.2, 0.25) is 0 Å². The summed E-state index contributed by atoms with van der Waals surface area (Å²) in [6, 6.07) is 14.5. The molecule has 0 unspecified atom stereocenters. The quantitative estimate of drug-likeness (QED) is 0.648. The molecule has 3 heterocycles. The van der Waals surface area contributed by atoms with E-state index in [2.05, 4.69) is 9.47 Å². The Morgan fingerprint density at radius 1 is 1.06 bits per heavy atom. The van der Waals surface area contributed by atoms with Gasteiger partial charge in [-0.2, -0.15) is 0 Å². The van der Waals surface area contributed by atoms with E-state index in [0.29, 0.717) is 32.8 Å². The Labute approximate surface area is 181 Å². The average molecular weight is 423 g/mol. The van der Waals surface area contributed by atoms with Gasteiger partial charge in [-0.1, -0.05) is 12.1 Å². The number of rotatable bonds is 4. The van der Waals surface area contributed by atoms with Gasteiger partial charge in [0.1, 0.15) is 11.6 Å². The number of hydrogen-bond acceptors (Lipinski definition) is 4. The highest BCUT2D eigenvalue weighted by atomic mass is 19.1. The van der Waals surface area contributed by atoms with Crippen LogP contribution in [0.5, 0.6) is 0 Å². The third-order valence-corrected chi connectivity index (χ3v) is 6.26. The smallest absolute Gasteiger partial charge is 0.227 e. The number of ether oxygens (including phenoxy) is 1. The van der Waals surface area contributed by atoms with Crippen molar-refractivity contribution in [2.75, 3.05) is 39.4 Å². The summed E-state index contributed by atoms with van der Waals surface area (Å²) >= 11 is 0. The summed E-state index contributed by atoms with van der Waals surface area (Å²) in [5.74, 6) is 0.929. The lowest BCUT2D eigenvalue weighted by molar-refractivity contribution is -0.141. The lowest BCUT2D eigenvalue weighted by atomic mass is 9.96. The standard InChI is InChI=1S/C24H27FN4O2/c25-19-7-9-20(10-8-19)29-22-6-2-1-5-21(22)26-23(29)17-27-11-3-4-18(16-27)24(30)28-12-14-31-15-13-28/h1-2,5-10,18H,3-4,11-17H2/t18-/m1/s1. The van der Waals surface area contributed by atoms with Crippen LogP contribution in [0.4, 0.5) is 4.39 Å². The predicted octanol–water partition coefficient (Wildman–Crippen LogP) is 3.24. The van der Waals surface area contributed by atoms with Crippen molar-refractivity contribution < 1.29 is 13.9 Å². The number of fused-ring (bicyclic) bond motifs is 1. The zero-order valence-corrected chi connectivity index (χ0v) is 17.5. The molecule has 0 N–H and O–H groups in total. The Morgan fingerprint density at radius 3 is 2.65 bits per heavy atom. The Balaban J connectivity index is 1.39. The summed E-state index contributed by atoms with van der Waals surface area (Å²) in [6.07, 6.45) is 1.93. The molecule has 1 atom stereocenters. The molecule has 2 aliphatic heterocycles. The highest BCUT2D eigenvalue weighted by Gasteiger charge is 2.30. The van der Waals surface area contributed by atoms with Gasteiger partial charge < -0.3 is 9.64 Å². The number of hydrogen-bond donors (Lipinski definition) is 0. The van der Waals surface area contributed by atoms with Crippen molar-refractivity contribution in [3.05, 3.63) is 60.2 Å². The molecule has 2 saturated heterocycles. The van der Waals surface area contributed by atoms with Crippen molar-refractivity contribution in [1.29, 1.82) is 0 Å². The Morgan fingerprint density at radius 2 is 1.84 bits per heavy atom. The lowest BCUT2D eigenvalue weighted by Gasteiger charge is -2.36. The van der Waals surface area contributed by atoms with Crippen molar-refractivity contribution in [2.45, 2.75) is 19.4 Å². The van der Waals surface area contributed by atoms with Crippen molar-refractivity contribution in [3.8, 4) is 5.69 Å². The molecule has 2 aromatic carbocycles. The summed E-state index contributed by atoms with van der Waals surface area (Å²) in [4.78, 5) is 22.2. The molecule has 3 aromatic rings. The van der Waals surface area contributed by atoms with Gasteiger partial charge >= 0.3 is 0 Å². The number of para-hydroxylation sites is 2. The van der Waals surface area contributed by atoms with E-state index in [1.165, 1.54) is 12.1 Å². The summed E-state index contributed by atoms with van der Waals surface area (Å²) in [5.41, 5.74) is 2.81. The minimum Gasteiger partial charge on any atom is -0.378 e. The number of amides is 1. The second-order valence-electron chi connectivity index (χ2n) is 8.34. The fourth-order valence-electron chi connectivity index (χ4n) is 4.70. The Bertz CT molecular complexity index is 1060. The number of carbonyl (C=O) groups excluding carboxylic acids is 1. The fourth-order valence-corrected chi connectivity index (χ4v) is 4.70. The summed E-state index contributed by atoms with van der Waals surface area (Å²) in [6.45, 7) is 4.97. The second-order valence-corrected chi connectivity index (χ2v) is 8.34. The van der Waals surface area contributed by atoms with Crippen molar-refractivity contribution in [1.82, 2.24) is 19.4 Å². The number of benzene rings is 2. The number of piperidine rings is 1. The van der Waals surface area contributed by atoms with E-state index in [1.807, 2.05) is 29.2 Å². The third-order valence-electron chi connectivity index (χ3n) is 6.26. The molecule has 0 aliphatic carbocycles. The molecular weight excluding hydrogens is 395 g/mol. The van der Waals surface area contributed by atoms with E-state index in [-0.39, 0.29) is 17.6 Å². The van der Waals surface area contributed by atoms with Crippen LogP contribution in [0.15, 0.2) is 48.5 Å².